The van der Waals surface area contributed by atoms with Crippen LogP contribution in [0.3, 0.4) is 0 Å². The van der Waals surface area contributed by atoms with E-state index in [1.54, 1.807) is 20.2 Å². The molecule has 0 unspecified atom stereocenters. The van der Waals surface area contributed by atoms with Crippen LogP contribution in [0.1, 0.15) is 18.9 Å². The first-order chi connectivity index (χ1) is 12.0. The molecule has 1 aromatic heterocycles. The molecule has 0 radical (unpaired) electrons. The third-order valence-corrected chi connectivity index (χ3v) is 4.59. The summed E-state index contributed by atoms with van der Waals surface area (Å²) < 4.78 is 17.0. The van der Waals surface area contributed by atoms with E-state index in [0.29, 0.717) is 11.5 Å². The number of ether oxygens (including phenoxy) is 2. The normalized spacial score (nSPS) is 17.0. The fourth-order valence-electron chi connectivity index (χ4n) is 2.18. The predicted octanol–water partition coefficient (Wildman–Crippen LogP) is 1.72. The average molecular weight is 363 g/mol. The van der Waals surface area contributed by atoms with Gasteiger partial charge in [-0.15, -0.1) is 10.2 Å². The van der Waals surface area contributed by atoms with Gasteiger partial charge in [-0.25, -0.2) is 0 Å². The minimum absolute atomic E-state index is 0.132. The Kier molecular flexibility index (Phi) is 4.93. The highest BCUT2D eigenvalue weighted by Gasteiger charge is 2.31. The number of hydrogen-bond donors (Lipinski definition) is 0. The minimum Gasteiger partial charge on any atom is -0.485 e. The molecular formula is C16H17N3O5S. The van der Waals surface area contributed by atoms with Crippen LogP contribution in [0.2, 0.25) is 0 Å². The van der Waals surface area contributed by atoms with E-state index in [1.165, 1.54) is 11.8 Å². The number of carbonyl (C=O) groups is 2. The summed E-state index contributed by atoms with van der Waals surface area (Å²) in [5.41, 5.74) is 0. The van der Waals surface area contributed by atoms with Gasteiger partial charge in [0.2, 0.25) is 12.0 Å². The lowest BCUT2D eigenvalue weighted by atomic mass is 10.2. The van der Waals surface area contributed by atoms with Crippen LogP contribution in [0.4, 0.5) is 0 Å². The van der Waals surface area contributed by atoms with E-state index in [1.807, 2.05) is 18.2 Å². The Bertz CT molecular complexity index is 792. The van der Waals surface area contributed by atoms with Crippen LogP contribution < -0.4 is 9.47 Å². The van der Waals surface area contributed by atoms with E-state index < -0.39 is 11.4 Å². The number of carbonyl (C=O) groups excluding carboxylic acids is 2. The Hall–Kier alpha value is -2.55. The number of rotatable bonds is 5. The molecule has 0 spiro atoms. The second-order valence-electron chi connectivity index (χ2n) is 5.61. The molecule has 1 aliphatic heterocycles. The van der Waals surface area contributed by atoms with E-state index in [4.69, 9.17) is 13.9 Å². The molecule has 132 valence electrons. The summed E-state index contributed by atoms with van der Waals surface area (Å²) in [4.78, 5) is 25.2. The Morgan fingerprint density at radius 1 is 1.24 bits per heavy atom. The molecule has 2 atom stereocenters. The van der Waals surface area contributed by atoms with E-state index in [-0.39, 0.29) is 29.4 Å². The number of nitrogens with zero attached hydrogens (tertiary/aromatic N) is 3. The molecule has 2 heterocycles. The zero-order valence-electron chi connectivity index (χ0n) is 14.0. The van der Waals surface area contributed by atoms with Crippen LogP contribution in [0, 0.1) is 0 Å². The number of hydrogen-bond acceptors (Lipinski definition) is 8. The molecule has 1 amide bonds. The van der Waals surface area contributed by atoms with Crippen LogP contribution in [-0.4, -0.2) is 52.7 Å². The van der Waals surface area contributed by atoms with Crippen LogP contribution in [0.15, 0.2) is 33.9 Å². The molecule has 9 heteroatoms. The molecule has 25 heavy (non-hydrogen) atoms. The van der Waals surface area contributed by atoms with E-state index in [2.05, 4.69) is 10.2 Å². The molecule has 1 aromatic carbocycles. The molecule has 2 aromatic rings. The monoisotopic (exact) mass is 363 g/mol. The lowest BCUT2D eigenvalue weighted by Crippen LogP contribution is -2.35. The Labute approximate surface area is 148 Å². The highest BCUT2D eigenvalue weighted by Crippen LogP contribution is 2.36. The van der Waals surface area contributed by atoms with Crippen molar-refractivity contribution in [2.45, 2.75) is 23.5 Å². The van der Waals surface area contributed by atoms with Crippen LogP contribution in [-0.2, 0) is 9.59 Å². The van der Waals surface area contributed by atoms with E-state index in [9.17, 15) is 9.59 Å². The third kappa shape index (κ3) is 3.76. The maximum absolute atomic E-state index is 12.1. The zero-order valence-corrected chi connectivity index (χ0v) is 14.8. The molecule has 0 fully saturated rings. The van der Waals surface area contributed by atoms with Crippen molar-refractivity contribution in [3.63, 3.8) is 0 Å². The van der Waals surface area contributed by atoms with Crippen LogP contribution in [0.5, 0.6) is 11.5 Å². The lowest BCUT2D eigenvalue weighted by Gasteiger charge is -2.23. The third-order valence-electron chi connectivity index (χ3n) is 3.46. The van der Waals surface area contributed by atoms with Crippen molar-refractivity contribution in [2.24, 2.45) is 0 Å². The van der Waals surface area contributed by atoms with Crippen molar-refractivity contribution >= 4 is 23.5 Å². The zero-order chi connectivity index (χ0) is 18.0. The fourth-order valence-corrected chi connectivity index (χ4v) is 3.08. The summed E-state index contributed by atoms with van der Waals surface area (Å²) in [5, 5.41) is 7.06. The highest BCUT2D eigenvalue weighted by atomic mass is 32.2. The first-order valence-corrected chi connectivity index (χ1v) is 8.44. The number of benzene rings is 1. The maximum Gasteiger partial charge on any atom is 0.277 e. The smallest absolute Gasteiger partial charge is 0.277 e. The maximum atomic E-state index is 12.1. The number of thioether (sulfide) groups is 1. The summed E-state index contributed by atoms with van der Waals surface area (Å²) in [6, 6.07) is 7.29. The van der Waals surface area contributed by atoms with Gasteiger partial charge in [-0.05, 0) is 30.8 Å². The van der Waals surface area contributed by atoms with Crippen molar-refractivity contribution < 1.29 is 23.5 Å². The number of fused-ring (bicyclic) bond motifs is 1. The van der Waals surface area contributed by atoms with Crippen molar-refractivity contribution in [3.05, 3.63) is 30.2 Å². The molecule has 0 N–H and O–H groups in total. The fraction of sp³-hybridized carbons (Fsp3) is 0.375. The van der Waals surface area contributed by atoms with E-state index in [0.717, 1.165) is 11.8 Å². The van der Waals surface area contributed by atoms with Gasteiger partial charge in [-0.1, -0.05) is 12.1 Å². The van der Waals surface area contributed by atoms with Gasteiger partial charge < -0.3 is 18.8 Å². The molecule has 0 aliphatic carbocycles. The number of ketones is 1. The second-order valence-corrected chi connectivity index (χ2v) is 6.67. The van der Waals surface area contributed by atoms with Crippen LogP contribution >= 0.6 is 11.8 Å². The van der Waals surface area contributed by atoms with Crippen molar-refractivity contribution in [3.8, 4) is 11.5 Å². The molecule has 0 bridgehead atoms. The molecule has 1 aliphatic rings. The second kappa shape index (κ2) is 7.14. The quantitative estimate of drug-likeness (QED) is 0.585. The van der Waals surface area contributed by atoms with Crippen molar-refractivity contribution in [1.29, 1.82) is 0 Å². The molecule has 3 rings (SSSR count). The SMILES string of the molecule is CC(=O)[C@@H](Sc1nnc([C@@H]2COc3ccccc3O2)o1)C(=O)N(C)C. The van der Waals surface area contributed by atoms with E-state index >= 15 is 0 Å². The van der Waals surface area contributed by atoms with Gasteiger partial charge in [-0.3, -0.25) is 9.59 Å². The summed E-state index contributed by atoms with van der Waals surface area (Å²) in [5.74, 6) is 0.867. The molecule has 8 nitrogen and oxygen atoms in total. The lowest BCUT2D eigenvalue weighted by molar-refractivity contribution is -0.132. The van der Waals surface area contributed by atoms with Gasteiger partial charge >= 0.3 is 0 Å². The topological polar surface area (TPSA) is 94.8 Å². The largest absolute Gasteiger partial charge is 0.485 e. The Morgan fingerprint density at radius 2 is 1.96 bits per heavy atom. The molecule has 0 saturated heterocycles. The average Bonchev–Trinajstić information content (AvgIpc) is 3.07. The van der Waals surface area contributed by atoms with Crippen molar-refractivity contribution in [2.75, 3.05) is 20.7 Å². The first kappa shape index (κ1) is 17.3. The number of Topliss-reactive ketones (excluding diaryl/α,β-unsaturated/α-hetero) is 1. The Morgan fingerprint density at radius 3 is 2.64 bits per heavy atom. The van der Waals surface area contributed by atoms with Crippen LogP contribution in [0.25, 0.3) is 0 Å². The summed E-state index contributed by atoms with van der Waals surface area (Å²) in [6.45, 7) is 1.58. The number of aromatic nitrogens is 2. The number of para-hydroxylation sites is 2. The minimum atomic E-state index is -0.924. The molecule has 0 saturated carbocycles. The summed E-state index contributed by atoms with van der Waals surface area (Å²) in [6.07, 6.45) is -0.544. The van der Waals surface area contributed by atoms with Gasteiger partial charge in [0, 0.05) is 14.1 Å². The number of amides is 1. The van der Waals surface area contributed by atoms with Gasteiger partial charge in [0.05, 0.1) is 0 Å². The van der Waals surface area contributed by atoms with Gasteiger partial charge in [0.25, 0.3) is 11.1 Å². The predicted molar refractivity (Wildman–Crippen MR) is 88.6 cm³/mol. The first-order valence-electron chi connectivity index (χ1n) is 7.56. The van der Waals surface area contributed by atoms with Gasteiger partial charge in [0.15, 0.2) is 22.5 Å². The van der Waals surface area contributed by atoms with Gasteiger partial charge in [-0.2, -0.15) is 0 Å². The van der Waals surface area contributed by atoms with Crippen molar-refractivity contribution in [1.82, 2.24) is 15.1 Å². The summed E-state index contributed by atoms with van der Waals surface area (Å²) >= 11 is 0.926. The molecular weight excluding hydrogens is 346 g/mol. The summed E-state index contributed by atoms with van der Waals surface area (Å²) in [7, 11) is 3.17. The highest BCUT2D eigenvalue weighted by molar-refractivity contribution is 8.01. The Balaban J connectivity index is 1.72. The van der Waals surface area contributed by atoms with Gasteiger partial charge in [0.1, 0.15) is 6.61 Å². The standard InChI is InChI=1S/C16H17N3O5S/c1-9(20)13(15(21)19(2)3)25-16-18-17-14(24-16)12-8-22-10-6-4-5-7-11(10)23-12/h4-7,12-13H,8H2,1-3H3/t12-,13+/m0/s1.